The topological polar surface area (TPSA) is 68.3 Å². The highest BCUT2D eigenvalue weighted by Crippen LogP contribution is 2.29. The van der Waals surface area contributed by atoms with Crippen LogP contribution in [0.25, 0.3) is 0 Å². The first kappa shape index (κ1) is 19.1. The highest BCUT2D eigenvalue weighted by Gasteiger charge is 2.23. The van der Waals surface area contributed by atoms with Crippen molar-refractivity contribution < 1.29 is 14.3 Å². The zero-order valence-electron chi connectivity index (χ0n) is 14.2. The monoisotopic (exact) mass is 412 g/mol. The molecular formula is C18H18Cl2N2O3S. The number of aromatic nitrogens is 1. The summed E-state index contributed by atoms with van der Waals surface area (Å²) in [5.41, 5.74) is 1.23. The number of amides is 1. The number of anilines is 1. The Morgan fingerprint density at radius 2 is 2.00 bits per heavy atom. The van der Waals surface area contributed by atoms with Gasteiger partial charge in [-0.2, -0.15) is 0 Å². The van der Waals surface area contributed by atoms with Crippen LogP contribution < -0.4 is 5.32 Å². The van der Waals surface area contributed by atoms with Gasteiger partial charge in [0, 0.05) is 11.1 Å². The van der Waals surface area contributed by atoms with E-state index in [0.29, 0.717) is 9.90 Å². The quantitative estimate of drug-likeness (QED) is 0.572. The standard InChI is InChI=1S/C18H18Cl2N2O3S/c1-10(17(23)22-16-13(20)8-12(19)9-21-16)25-18(24)15-7-11-5-3-2-4-6-14(11)26-15/h7-10H,2-6H2,1H3,(H,21,22,23). The van der Waals surface area contributed by atoms with Gasteiger partial charge in [-0.3, -0.25) is 4.79 Å². The van der Waals surface area contributed by atoms with E-state index < -0.39 is 18.0 Å². The largest absolute Gasteiger partial charge is 0.448 e. The Morgan fingerprint density at radius 1 is 1.23 bits per heavy atom. The average Bonchev–Trinajstić information content (AvgIpc) is 2.88. The van der Waals surface area contributed by atoms with Crippen LogP contribution in [0.1, 0.15) is 46.3 Å². The Hall–Kier alpha value is -1.63. The summed E-state index contributed by atoms with van der Waals surface area (Å²) in [5, 5.41) is 3.12. The van der Waals surface area contributed by atoms with Crippen molar-refractivity contribution in [1.29, 1.82) is 0 Å². The van der Waals surface area contributed by atoms with E-state index in [1.165, 1.54) is 47.4 Å². The van der Waals surface area contributed by atoms with Gasteiger partial charge in [0.25, 0.3) is 5.91 Å². The molecule has 0 saturated heterocycles. The molecule has 2 aromatic heterocycles. The van der Waals surface area contributed by atoms with Crippen molar-refractivity contribution in [2.45, 2.75) is 45.1 Å². The molecule has 2 aromatic rings. The number of carbonyl (C=O) groups is 2. The van der Waals surface area contributed by atoms with Crippen LogP contribution in [-0.4, -0.2) is 23.0 Å². The molecule has 1 aliphatic carbocycles. The maximum atomic E-state index is 12.4. The van der Waals surface area contributed by atoms with Crippen LogP contribution in [0.3, 0.4) is 0 Å². The number of pyridine rings is 1. The molecule has 0 aliphatic heterocycles. The molecule has 0 radical (unpaired) electrons. The molecule has 5 nitrogen and oxygen atoms in total. The van der Waals surface area contributed by atoms with E-state index in [1.54, 1.807) is 0 Å². The van der Waals surface area contributed by atoms with Crippen LogP contribution in [0.15, 0.2) is 18.3 Å². The van der Waals surface area contributed by atoms with Crippen LogP contribution >= 0.6 is 34.5 Å². The van der Waals surface area contributed by atoms with Gasteiger partial charge in [-0.05, 0) is 50.3 Å². The number of aryl methyl sites for hydroxylation is 2. The van der Waals surface area contributed by atoms with E-state index in [2.05, 4.69) is 10.3 Å². The number of hydrogen-bond acceptors (Lipinski definition) is 5. The van der Waals surface area contributed by atoms with Crippen LogP contribution in [0, 0.1) is 0 Å². The smallest absolute Gasteiger partial charge is 0.349 e. The zero-order chi connectivity index (χ0) is 18.7. The summed E-state index contributed by atoms with van der Waals surface area (Å²) in [5.74, 6) is -0.819. The highest BCUT2D eigenvalue weighted by atomic mass is 35.5. The van der Waals surface area contributed by atoms with Crippen molar-refractivity contribution in [3.63, 3.8) is 0 Å². The van der Waals surface area contributed by atoms with Gasteiger partial charge in [0.05, 0.1) is 10.0 Å². The Kier molecular flexibility index (Phi) is 6.16. The van der Waals surface area contributed by atoms with Crippen molar-refractivity contribution in [3.05, 3.63) is 43.7 Å². The lowest BCUT2D eigenvalue weighted by Gasteiger charge is -2.13. The highest BCUT2D eigenvalue weighted by molar-refractivity contribution is 7.14. The van der Waals surface area contributed by atoms with Crippen LogP contribution in [0.5, 0.6) is 0 Å². The van der Waals surface area contributed by atoms with Gasteiger partial charge in [-0.1, -0.05) is 29.6 Å². The average molecular weight is 413 g/mol. The Labute approximate surface area is 165 Å². The molecule has 2 heterocycles. The summed E-state index contributed by atoms with van der Waals surface area (Å²) in [6, 6.07) is 3.37. The predicted molar refractivity (Wildman–Crippen MR) is 103 cm³/mol. The number of esters is 1. The molecule has 0 spiro atoms. The zero-order valence-corrected chi connectivity index (χ0v) is 16.5. The molecule has 0 aromatic carbocycles. The lowest BCUT2D eigenvalue weighted by Crippen LogP contribution is -2.30. The number of nitrogens with one attached hydrogen (secondary N) is 1. The van der Waals surface area contributed by atoms with Gasteiger partial charge >= 0.3 is 5.97 Å². The number of fused-ring (bicyclic) bond motifs is 1. The van der Waals surface area contributed by atoms with E-state index in [4.69, 9.17) is 27.9 Å². The summed E-state index contributed by atoms with van der Waals surface area (Å²) in [7, 11) is 0. The number of rotatable bonds is 4. The number of thiophene rings is 1. The van der Waals surface area contributed by atoms with E-state index in [-0.39, 0.29) is 10.8 Å². The van der Waals surface area contributed by atoms with Crippen molar-refractivity contribution in [1.82, 2.24) is 4.98 Å². The minimum atomic E-state index is -0.974. The van der Waals surface area contributed by atoms with E-state index in [1.807, 2.05) is 6.07 Å². The summed E-state index contributed by atoms with van der Waals surface area (Å²) in [6.45, 7) is 1.51. The number of carbonyl (C=O) groups excluding carboxylic acids is 2. The third kappa shape index (κ3) is 4.55. The Morgan fingerprint density at radius 3 is 2.77 bits per heavy atom. The second-order valence-electron chi connectivity index (χ2n) is 6.14. The van der Waals surface area contributed by atoms with E-state index >= 15 is 0 Å². The Balaban J connectivity index is 1.62. The Bertz CT molecular complexity index is 814. The van der Waals surface area contributed by atoms with Gasteiger partial charge in [-0.25, -0.2) is 9.78 Å². The lowest BCUT2D eigenvalue weighted by molar-refractivity contribution is -0.123. The van der Waals surface area contributed by atoms with Gasteiger partial charge in [0.2, 0.25) is 0 Å². The summed E-state index contributed by atoms with van der Waals surface area (Å²) in [4.78, 5) is 30.4. The first-order valence-electron chi connectivity index (χ1n) is 8.38. The van der Waals surface area contributed by atoms with Gasteiger partial charge in [0.15, 0.2) is 11.9 Å². The lowest BCUT2D eigenvalue weighted by atomic mass is 10.1. The molecule has 8 heteroatoms. The van der Waals surface area contributed by atoms with Crippen molar-refractivity contribution >= 4 is 52.2 Å². The fourth-order valence-electron chi connectivity index (χ4n) is 2.77. The summed E-state index contributed by atoms with van der Waals surface area (Å²) >= 11 is 13.2. The van der Waals surface area contributed by atoms with Crippen molar-refractivity contribution in [2.24, 2.45) is 0 Å². The second kappa shape index (κ2) is 8.37. The SMILES string of the molecule is CC(OC(=O)c1cc2c(s1)CCCCC2)C(=O)Nc1ncc(Cl)cc1Cl. The summed E-state index contributed by atoms with van der Waals surface area (Å²) in [6.07, 6.45) is 5.91. The molecule has 1 aliphatic rings. The first-order valence-corrected chi connectivity index (χ1v) is 9.96. The molecule has 0 bridgehead atoms. The molecule has 1 unspecified atom stereocenters. The van der Waals surface area contributed by atoms with Crippen molar-refractivity contribution in [3.8, 4) is 0 Å². The molecule has 1 N–H and O–H groups in total. The van der Waals surface area contributed by atoms with Gasteiger partial charge < -0.3 is 10.1 Å². The molecule has 26 heavy (non-hydrogen) atoms. The summed E-state index contributed by atoms with van der Waals surface area (Å²) < 4.78 is 5.31. The third-order valence-electron chi connectivity index (χ3n) is 4.15. The van der Waals surface area contributed by atoms with E-state index in [0.717, 1.165) is 25.7 Å². The number of ether oxygens (including phenoxy) is 1. The minimum absolute atomic E-state index is 0.173. The number of halogens is 2. The first-order chi connectivity index (χ1) is 12.4. The van der Waals surface area contributed by atoms with Crippen LogP contribution in [-0.2, 0) is 22.4 Å². The van der Waals surface area contributed by atoms with Crippen LogP contribution in [0.4, 0.5) is 5.82 Å². The fourth-order valence-corrected chi connectivity index (χ4v) is 4.33. The minimum Gasteiger partial charge on any atom is -0.448 e. The maximum Gasteiger partial charge on any atom is 0.349 e. The molecule has 1 atom stereocenters. The molecule has 1 amide bonds. The van der Waals surface area contributed by atoms with E-state index in [9.17, 15) is 9.59 Å². The maximum absolute atomic E-state index is 12.4. The molecule has 3 rings (SSSR count). The normalized spacial score (nSPS) is 14.9. The predicted octanol–water partition coefficient (Wildman–Crippen LogP) is 4.90. The third-order valence-corrected chi connectivity index (χ3v) is 5.86. The molecule has 138 valence electrons. The molecule has 0 saturated carbocycles. The fraction of sp³-hybridized carbons (Fsp3) is 0.389. The molecular weight excluding hydrogens is 395 g/mol. The van der Waals surface area contributed by atoms with Gasteiger partial charge in [0.1, 0.15) is 4.88 Å². The molecule has 0 fully saturated rings. The van der Waals surface area contributed by atoms with Crippen molar-refractivity contribution in [2.75, 3.05) is 5.32 Å². The number of hydrogen-bond donors (Lipinski definition) is 1. The second-order valence-corrected chi connectivity index (χ2v) is 8.12. The van der Waals surface area contributed by atoms with Crippen LogP contribution in [0.2, 0.25) is 10.0 Å². The van der Waals surface area contributed by atoms with Gasteiger partial charge in [-0.15, -0.1) is 11.3 Å². The number of nitrogens with zero attached hydrogens (tertiary/aromatic N) is 1.